The molecule has 6 nitrogen and oxygen atoms in total. The number of hydrogen-bond acceptors (Lipinski definition) is 5. The van der Waals surface area contributed by atoms with Crippen LogP contribution in [0.4, 0.5) is 11.4 Å². The normalized spacial score (nSPS) is 15.5. The van der Waals surface area contributed by atoms with Gasteiger partial charge >= 0.3 is 0 Å². The summed E-state index contributed by atoms with van der Waals surface area (Å²) >= 11 is 7.83. The van der Waals surface area contributed by atoms with Crippen LogP contribution in [0.2, 0.25) is 5.02 Å². The van der Waals surface area contributed by atoms with Gasteiger partial charge in [-0.25, -0.2) is 0 Å². The highest BCUT2D eigenvalue weighted by molar-refractivity contribution is 7.99. The van der Waals surface area contributed by atoms with Gasteiger partial charge in [0.2, 0.25) is 5.91 Å². The fraction of sp³-hybridized carbons (Fsp3) is 0.222. The number of anilines is 2. The Morgan fingerprint density at radius 3 is 2.73 bits per heavy atom. The van der Waals surface area contributed by atoms with Gasteiger partial charge in [0.15, 0.2) is 11.5 Å². The Balaban J connectivity index is 1.58. The maximum atomic E-state index is 12.6. The van der Waals surface area contributed by atoms with Crippen LogP contribution >= 0.6 is 23.4 Å². The lowest BCUT2D eigenvalue weighted by molar-refractivity contribution is -0.115. The Kier molecular flexibility index (Phi) is 4.65. The molecule has 0 radical (unpaired) electrons. The highest BCUT2D eigenvalue weighted by atomic mass is 35.5. The number of fused-ring (bicyclic) bond motifs is 2. The van der Waals surface area contributed by atoms with Gasteiger partial charge in [-0.1, -0.05) is 11.6 Å². The van der Waals surface area contributed by atoms with Crippen molar-refractivity contribution in [2.24, 2.45) is 0 Å². The molecule has 4 rings (SSSR count). The predicted octanol–water partition coefficient (Wildman–Crippen LogP) is 3.80. The minimum absolute atomic E-state index is 0.0521. The van der Waals surface area contributed by atoms with E-state index in [0.29, 0.717) is 53.1 Å². The number of rotatable bonds is 2. The van der Waals surface area contributed by atoms with Gasteiger partial charge in [-0.15, -0.1) is 11.8 Å². The first-order valence-electron chi connectivity index (χ1n) is 8.07. The van der Waals surface area contributed by atoms with Gasteiger partial charge in [0.25, 0.3) is 5.91 Å². The van der Waals surface area contributed by atoms with Gasteiger partial charge in [0, 0.05) is 34.8 Å². The molecule has 0 spiro atoms. The van der Waals surface area contributed by atoms with Crippen LogP contribution in [0.15, 0.2) is 35.2 Å². The monoisotopic (exact) mass is 390 g/mol. The number of benzene rings is 2. The van der Waals surface area contributed by atoms with Crippen LogP contribution in [-0.4, -0.2) is 30.8 Å². The summed E-state index contributed by atoms with van der Waals surface area (Å²) in [4.78, 5) is 25.3. The summed E-state index contributed by atoms with van der Waals surface area (Å²) in [6, 6.07) is 8.51. The van der Waals surface area contributed by atoms with Crippen molar-refractivity contribution in [1.29, 1.82) is 0 Å². The zero-order valence-corrected chi connectivity index (χ0v) is 15.2. The Hall–Kier alpha value is -2.38. The molecule has 2 aliphatic rings. The molecule has 0 aliphatic carbocycles. The van der Waals surface area contributed by atoms with Crippen molar-refractivity contribution in [3.63, 3.8) is 0 Å². The smallest absolute Gasteiger partial charge is 0.255 e. The van der Waals surface area contributed by atoms with Crippen LogP contribution in [0.25, 0.3) is 0 Å². The SMILES string of the molecule is O=C1CCSc2ccc(C(=O)Nc3cc4c(cc3Cl)OCCO4)cc2N1. The van der Waals surface area contributed by atoms with E-state index in [2.05, 4.69) is 10.6 Å². The highest BCUT2D eigenvalue weighted by Gasteiger charge is 2.19. The van der Waals surface area contributed by atoms with Crippen molar-refractivity contribution < 1.29 is 19.1 Å². The summed E-state index contributed by atoms with van der Waals surface area (Å²) in [6.07, 6.45) is 0.452. The zero-order valence-electron chi connectivity index (χ0n) is 13.6. The molecule has 0 bridgehead atoms. The lowest BCUT2D eigenvalue weighted by Crippen LogP contribution is -2.17. The first-order valence-corrected chi connectivity index (χ1v) is 9.44. The topological polar surface area (TPSA) is 76.7 Å². The molecule has 8 heteroatoms. The summed E-state index contributed by atoms with van der Waals surface area (Å²) in [6.45, 7) is 0.915. The minimum Gasteiger partial charge on any atom is -0.486 e. The van der Waals surface area contributed by atoms with E-state index in [1.54, 1.807) is 36.0 Å². The third kappa shape index (κ3) is 3.45. The van der Waals surface area contributed by atoms with E-state index in [0.717, 1.165) is 10.6 Å². The van der Waals surface area contributed by atoms with Crippen molar-refractivity contribution in [2.45, 2.75) is 11.3 Å². The van der Waals surface area contributed by atoms with Gasteiger partial charge in [0.05, 0.1) is 16.4 Å². The van der Waals surface area contributed by atoms with E-state index >= 15 is 0 Å². The number of amides is 2. The van der Waals surface area contributed by atoms with Gasteiger partial charge in [0.1, 0.15) is 13.2 Å². The Bertz CT molecular complexity index is 903. The molecule has 2 amide bonds. The van der Waals surface area contributed by atoms with E-state index in [-0.39, 0.29) is 11.8 Å². The number of ether oxygens (including phenoxy) is 2. The number of nitrogens with one attached hydrogen (secondary N) is 2. The van der Waals surface area contributed by atoms with E-state index in [9.17, 15) is 9.59 Å². The highest BCUT2D eigenvalue weighted by Crippen LogP contribution is 2.38. The van der Waals surface area contributed by atoms with Crippen molar-refractivity contribution in [3.8, 4) is 11.5 Å². The molecule has 0 saturated carbocycles. The predicted molar refractivity (Wildman–Crippen MR) is 101 cm³/mol. The Morgan fingerprint density at radius 2 is 1.92 bits per heavy atom. The zero-order chi connectivity index (χ0) is 18.1. The largest absolute Gasteiger partial charge is 0.486 e. The van der Waals surface area contributed by atoms with Crippen LogP contribution in [0.5, 0.6) is 11.5 Å². The molecule has 2 heterocycles. The lowest BCUT2D eigenvalue weighted by Gasteiger charge is -2.20. The molecule has 2 N–H and O–H groups in total. The third-order valence-corrected chi connectivity index (χ3v) is 5.37. The average Bonchev–Trinajstić information content (AvgIpc) is 2.82. The fourth-order valence-electron chi connectivity index (χ4n) is 2.72. The van der Waals surface area contributed by atoms with Crippen LogP contribution in [0.3, 0.4) is 0 Å². The van der Waals surface area contributed by atoms with E-state index in [4.69, 9.17) is 21.1 Å². The molecule has 26 heavy (non-hydrogen) atoms. The van der Waals surface area contributed by atoms with E-state index in [1.165, 1.54) is 0 Å². The summed E-state index contributed by atoms with van der Waals surface area (Å²) in [5.74, 6) is 1.45. The van der Waals surface area contributed by atoms with Crippen molar-refractivity contribution >= 4 is 46.6 Å². The van der Waals surface area contributed by atoms with E-state index < -0.39 is 0 Å². The molecule has 0 aromatic heterocycles. The number of hydrogen-bond donors (Lipinski definition) is 2. The molecule has 134 valence electrons. The molecular formula is C18H15ClN2O4S. The standard InChI is InChI=1S/C18H15ClN2O4S/c19-11-8-14-15(25-5-4-24-14)9-12(11)21-18(23)10-1-2-16-13(7-10)20-17(22)3-6-26-16/h1-2,7-9H,3-6H2,(H,20,22)(H,21,23). The lowest BCUT2D eigenvalue weighted by atomic mass is 10.1. The second kappa shape index (κ2) is 7.09. The first kappa shape index (κ1) is 17.1. The average molecular weight is 391 g/mol. The second-order valence-electron chi connectivity index (χ2n) is 5.79. The van der Waals surface area contributed by atoms with Crippen molar-refractivity contribution in [2.75, 3.05) is 29.6 Å². The van der Waals surface area contributed by atoms with Crippen molar-refractivity contribution in [3.05, 3.63) is 40.9 Å². The van der Waals surface area contributed by atoms with Crippen LogP contribution < -0.4 is 20.1 Å². The molecule has 0 fully saturated rings. The number of halogens is 1. The molecule has 0 atom stereocenters. The van der Waals surface area contributed by atoms with Crippen molar-refractivity contribution in [1.82, 2.24) is 0 Å². The summed E-state index contributed by atoms with van der Waals surface area (Å²) in [5, 5.41) is 5.98. The Labute approximate surface area is 159 Å². The third-order valence-electron chi connectivity index (χ3n) is 3.98. The molecule has 0 unspecified atom stereocenters. The molecule has 2 aromatic carbocycles. The summed E-state index contributed by atoms with van der Waals surface area (Å²) in [7, 11) is 0. The van der Waals surface area contributed by atoms with E-state index in [1.807, 2.05) is 6.07 Å². The second-order valence-corrected chi connectivity index (χ2v) is 7.33. The fourth-order valence-corrected chi connectivity index (χ4v) is 3.85. The summed E-state index contributed by atoms with van der Waals surface area (Å²) in [5.41, 5.74) is 1.52. The molecule has 2 aromatic rings. The maximum Gasteiger partial charge on any atom is 0.255 e. The minimum atomic E-state index is -0.324. The van der Waals surface area contributed by atoms with Gasteiger partial charge < -0.3 is 20.1 Å². The number of thioether (sulfide) groups is 1. The van der Waals surface area contributed by atoms with Gasteiger partial charge in [-0.3, -0.25) is 9.59 Å². The van der Waals surface area contributed by atoms with Crippen LogP contribution in [-0.2, 0) is 4.79 Å². The van der Waals surface area contributed by atoms with Crippen LogP contribution in [0, 0.1) is 0 Å². The first-order chi connectivity index (χ1) is 12.6. The quantitative estimate of drug-likeness (QED) is 0.815. The van der Waals surface area contributed by atoms with Gasteiger partial charge in [-0.2, -0.15) is 0 Å². The molecule has 2 aliphatic heterocycles. The Morgan fingerprint density at radius 1 is 1.15 bits per heavy atom. The van der Waals surface area contributed by atoms with Gasteiger partial charge in [-0.05, 0) is 18.2 Å². The maximum absolute atomic E-state index is 12.6. The van der Waals surface area contributed by atoms with Crippen LogP contribution in [0.1, 0.15) is 16.8 Å². The molecular weight excluding hydrogens is 376 g/mol. The number of carbonyl (C=O) groups excluding carboxylic acids is 2. The number of carbonyl (C=O) groups is 2. The molecule has 0 saturated heterocycles. The summed E-state index contributed by atoms with van der Waals surface area (Å²) < 4.78 is 11.0.